The van der Waals surface area contributed by atoms with Crippen LogP contribution in [0.1, 0.15) is 19.3 Å². The van der Waals surface area contributed by atoms with Gasteiger partial charge in [-0.15, -0.1) is 5.10 Å². The second-order valence-electron chi connectivity index (χ2n) is 8.13. The van der Waals surface area contributed by atoms with Crippen molar-refractivity contribution in [3.05, 3.63) is 60.5 Å². The number of methoxy groups -OCH3 is 1. The fourth-order valence-electron chi connectivity index (χ4n) is 4.00. The van der Waals surface area contributed by atoms with Crippen molar-refractivity contribution in [2.45, 2.75) is 44.1 Å². The number of halogens is 1. The molecule has 1 aliphatic rings. The Morgan fingerprint density at radius 2 is 2.03 bits per heavy atom. The normalized spacial score (nSPS) is 20.0. The van der Waals surface area contributed by atoms with Gasteiger partial charge in [-0.2, -0.15) is 0 Å². The average molecular weight is 470 g/mol. The van der Waals surface area contributed by atoms with E-state index in [4.69, 9.17) is 9.47 Å². The highest BCUT2D eigenvalue weighted by Crippen LogP contribution is 2.24. The zero-order valence-corrected chi connectivity index (χ0v) is 18.9. The molecule has 1 fully saturated rings. The van der Waals surface area contributed by atoms with Crippen LogP contribution in [0.5, 0.6) is 5.75 Å². The summed E-state index contributed by atoms with van der Waals surface area (Å²) in [5.74, 6) is 0.359. The number of rotatable bonds is 8. The van der Waals surface area contributed by atoms with E-state index in [-0.39, 0.29) is 30.6 Å². The Bertz CT molecular complexity index is 1090. The summed E-state index contributed by atoms with van der Waals surface area (Å²) in [5.41, 5.74) is 1.52. The molecule has 4 rings (SSSR count). The van der Waals surface area contributed by atoms with E-state index in [9.17, 15) is 14.3 Å². The van der Waals surface area contributed by atoms with E-state index in [2.05, 4.69) is 20.9 Å². The second kappa shape index (κ2) is 11.1. The Labute approximate surface area is 196 Å². The molecule has 0 saturated carbocycles. The van der Waals surface area contributed by atoms with Crippen LogP contribution in [0.3, 0.4) is 0 Å². The SMILES string of the molecule is COc1ccc(NC(=O)N[C@H]2CC[C@H](CCn3cc(-c4ccccc4F)nn3)O[C@@H]2CO)cc1. The lowest BCUT2D eigenvalue weighted by atomic mass is 9.97. The predicted molar refractivity (Wildman–Crippen MR) is 124 cm³/mol. The van der Waals surface area contributed by atoms with Gasteiger partial charge in [0.15, 0.2) is 0 Å². The number of urea groups is 1. The summed E-state index contributed by atoms with van der Waals surface area (Å²) in [7, 11) is 1.58. The van der Waals surface area contributed by atoms with E-state index >= 15 is 0 Å². The van der Waals surface area contributed by atoms with Gasteiger partial charge < -0.3 is 25.2 Å². The van der Waals surface area contributed by atoms with Gasteiger partial charge in [0.1, 0.15) is 23.4 Å². The lowest BCUT2D eigenvalue weighted by Crippen LogP contribution is -2.52. The third kappa shape index (κ3) is 5.89. The molecule has 0 radical (unpaired) electrons. The Kier molecular flexibility index (Phi) is 7.71. The number of aryl methyl sites for hydroxylation is 1. The quantitative estimate of drug-likeness (QED) is 0.467. The minimum absolute atomic E-state index is 0.0963. The van der Waals surface area contributed by atoms with E-state index in [0.717, 1.165) is 6.42 Å². The van der Waals surface area contributed by atoms with E-state index in [0.29, 0.717) is 42.1 Å². The van der Waals surface area contributed by atoms with E-state index < -0.39 is 6.10 Å². The topological polar surface area (TPSA) is 111 Å². The van der Waals surface area contributed by atoms with E-state index in [1.54, 1.807) is 60.5 Å². The Hall–Kier alpha value is -3.50. The largest absolute Gasteiger partial charge is 0.497 e. The van der Waals surface area contributed by atoms with Gasteiger partial charge in [0.2, 0.25) is 0 Å². The van der Waals surface area contributed by atoms with Crippen LogP contribution in [0, 0.1) is 5.82 Å². The van der Waals surface area contributed by atoms with Crippen LogP contribution in [0.2, 0.25) is 0 Å². The minimum atomic E-state index is -0.509. The number of anilines is 1. The fraction of sp³-hybridized carbons (Fsp3) is 0.375. The minimum Gasteiger partial charge on any atom is -0.497 e. The third-order valence-electron chi connectivity index (χ3n) is 5.83. The first kappa shape index (κ1) is 23.7. The van der Waals surface area contributed by atoms with Crippen molar-refractivity contribution >= 4 is 11.7 Å². The van der Waals surface area contributed by atoms with Crippen molar-refractivity contribution in [2.75, 3.05) is 19.0 Å². The molecule has 0 bridgehead atoms. The zero-order chi connectivity index (χ0) is 23.9. The number of benzene rings is 2. The molecule has 180 valence electrons. The summed E-state index contributed by atoms with van der Waals surface area (Å²) in [6.45, 7) is 0.338. The van der Waals surface area contributed by atoms with Gasteiger partial charge in [-0.05, 0) is 55.7 Å². The number of amides is 2. The molecule has 2 amide bonds. The first-order valence-corrected chi connectivity index (χ1v) is 11.2. The average Bonchev–Trinajstić information content (AvgIpc) is 3.33. The van der Waals surface area contributed by atoms with Crippen molar-refractivity contribution in [1.29, 1.82) is 0 Å². The van der Waals surface area contributed by atoms with Crippen molar-refractivity contribution in [3.63, 3.8) is 0 Å². The Balaban J connectivity index is 1.26. The zero-order valence-electron chi connectivity index (χ0n) is 18.9. The molecule has 1 saturated heterocycles. The monoisotopic (exact) mass is 469 g/mol. The van der Waals surface area contributed by atoms with Crippen LogP contribution in [0.4, 0.5) is 14.9 Å². The van der Waals surface area contributed by atoms with Gasteiger partial charge in [-0.3, -0.25) is 4.68 Å². The molecule has 0 aliphatic carbocycles. The smallest absolute Gasteiger partial charge is 0.319 e. The molecule has 2 aromatic carbocycles. The highest BCUT2D eigenvalue weighted by atomic mass is 19.1. The molecule has 2 heterocycles. The van der Waals surface area contributed by atoms with Crippen LogP contribution in [-0.4, -0.2) is 58.1 Å². The van der Waals surface area contributed by atoms with Gasteiger partial charge in [-0.25, -0.2) is 9.18 Å². The summed E-state index contributed by atoms with van der Waals surface area (Å²) in [6, 6.07) is 12.8. The molecule has 0 spiro atoms. The number of aliphatic hydroxyl groups excluding tert-OH is 1. The van der Waals surface area contributed by atoms with Gasteiger partial charge in [0.25, 0.3) is 0 Å². The second-order valence-corrected chi connectivity index (χ2v) is 8.13. The molecular formula is C24H28FN5O4. The predicted octanol–water partition coefficient (Wildman–Crippen LogP) is 3.21. The lowest BCUT2D eigenvalue weighted by Gasteiger charge is -2.36. The van der Waals surface area contributed by atoms with Crippen LogP contribution >= 0.6 is 0 Å². The third-order valence-corrected chi connectivity index (χ3v) is 5.83. The lowest BCUT2D eigenvalue weighted by molar-refractivity contribution is -0.0905. The number of hydrogen-bond donors (Lipinski definition) is 3. The van der Waals surface area contributed by atoms with Gasteiger partial charge in [0.05, 0.1) is 32.1 Å². The van der Waals surface area contributed by atoms with Crippen molar-refractivity contribution < 1.29 is 23.8 Å². The standard InChI is InChI=1S/C24H28FN5O4/c1-33-17-8-6-16(7-9-17)26-24(32)27-21-11-10-18(34-23(21)15-31)12-13-30-14-22(28-29-30)19-4-2-3-5-20(19)25/h2-9,14,18,21,23,31H,10-13,15H2,1H3,(H2,26,27,32)/t18-,21+,23-/m1/s1. The number of hydrogen-bond acceptors (Lipinski definition) is 6. The van der Waals surface area contributed by atoms with Gasteiger partial charge >= 0.3 is 6.03 Å². The molecule has 0 unspecified atom stereocenters. The first-order valence-electron chi connectivity index (χ1n) is 11.2. The van der Waals surface area contributed by atoms with E-state index in [1.807, 2.05) is 0 Å². The summed E-state index contributed by atoms with van der Waals surface area (Å²) in [4.78, 5) is 12.4. The first-order chi connectivity index (χ1) is 16.6. The number of nitrogens with zero attached hydrogens (tertiary/aromatic N) is 3. The van der Waals surface area contributed by atoms with Crippen molar-refractivity contribution in [1.82, 2.24) is 20.3 Å². The summed E-state index contributed by atoms with van der Waals surface area (Å²) >= 11 is 0. The molecule has 3 aromatic rings. The number of carbonyl (C=O) groups is 1. The number of aromatic nitrogens is 3. The summed E-state index contributed by atoms with van der Waals surface area (Å²) in [6.07, 6.45) is 3.15. The molecular weight excluding hydrogens is 441 g/mol. The van der Waals surface area contributed by atoms with Gasteiger partial charge in [-0.1, -0.05) is 17.3 Å². The van der Waals surface area contributed by atoms with Crippen molar-refractivity contribution in [2.24, 2.45) is 0 Å². The molecule has 1 aromatic heterocycles. The number of carbonyl (C=O) groups excluding carboxylic acids is 1. The maximum absolute atomic E-state index is 14.0. The maximum Gasteiger partial charge on any atom is 0.319 e. The van der Waals surface area contributed by atoms with Gasteiger partial charge in [0, 0.05) is 17.8 Å². The van der Waals surface area contributed by atoms with Crippen LogP contribution < -0.4 is 15.4 Å². The molecule has 34 heavy (non-hydrogen) atoms. The fourth-order valence-corrected chi connectivity index (χ4v) is 4.00. The van der Waals surface area contributed by atoms with Crippen molar-refractivity contribution in [3.8, 4) is 17.0 Å². The number of ether oxygens (including phenoxy) is 2. The number of aliphatic hydroxyl groups is 1. The molecule has 3 atom stereocenters. The summed E-state index contributed by atoms with van der Waals surface area (Å²) in [5, 5.41) is 23.6. The highest BCUT2D eigenvalue weighted by molar-refractivity contribution is 5.89. The summed E-state index contributed by atoms with van der Waals surface area (Å²) < 4.78 is 26.8. The maximum atomic E-state index is 14.0. The molecule has 9 nitrogen and oxygen atoms in total. The Morgan fingerprint density at radius 1 is 1.24 bits per heavy atom. The highest BCUT2D eigenvalue weighted by Gasteiger charge is 2.32. The van der Waals surface area contributed by atoms with Crippen LogP contribution in [0.15, 0.2) is 54.7 Å². The van der Waals surface area contributed by atoms with Crippen LogP contribution in [0.25, 0.3) is 11.3 Å². The molecule has 3 N–H and O–H groups in total. The molecule has 1 aliphatic heterocycles. The number of nitrogens with one attached hydrogen (secondary N) is 2. The van der Waals surface area contributed by atoms with Crippen LogP contribution in [-0.2, 0) is 11.3 Å². The molecule has 10 heteroatoms. The van der Waals surface area contributed by atoms with E-state index in [1.165, 1.54) is 6.07 Å². The Morgan fingerprint density at radius 3 is 2.76 bits per heavy atom.